The third-order valence-corrected chi connectivity index (χ3v) is 3.20. The third-order valence-electron chi connectivity index (χ3n) is 3.20. The fourth-order valence-electron chi connectivity index (χ4n) is 2.18. The first-order valence-electron chi connectivity index (χ1n) is 6.09. The van der Waals surface area contributed by atoms with Crippen molar-refractivity contribution in [3.8, 4) is 0 Å². The van der Waals surface area contributed by atoms with Crippen molar-refractivity contribution in [3.05, 3.63) is 24.0 Å². The Morgan fingerprint density at radius 3 is 3.00 bits per heavy atom. The summed E-state index contributed by atoms with van der Waals surface area (Å²) in [4.78, 5) is 8.75. The minimum atomic E-state index is 0.0585. The van der Waals surface area contributed by atoms with Crippen molar-refractivity contribution in [2.24, 2.45) is 10.9 Å². The second-order valence-electron chi connectivity index (χ2n) is 4.50. The normalized spacial score (nSPS) is 18.7. The molecule has 6 heteroatoms. The highest BCUT2D eigenvalue weighted by atomic mass is 16.4. The van der Waals surface area contributed by atoms with Gasteiger partial charge in [-0.25, -0.2) is 0 Å². The minimum Gasteiger partial charge on any atom is -0.409 e. The lowest BCUT2D eigenvalue weighted by molar-refractivity contribution is 0.318. The molecule has 2 rings (SSSR count). The summed E-state index contributed by atoms with van der Waals surface area (Å²) in [5, 5.41) is 11.9. The predicted octanol–water partition coefficient (Wildman–Crippen LogP) is 0.318. The Morgan fingerprint density at radius 2 is 2.22 bits per heavy atom. The lowest BCUT2D eigenvalue weighted by atomic mass is 10.2. The van der Waals surface area contributed by atoms with Gasteiger partial charge in [0, 0.05) is 25.8 Å². The van der Waals surface area contributed by atoms with Gasteiger partial charge in [-0.3, -0.25) is 4.98 Å². The smallest absolute Gasteiger partial charge is 0.190 e. The van der Waals surface area contributed by atoms with Crippen LogP contribution in [-0.4, -0.2) is 54.2 Å². The van der Waals surface area contributed by atoms with Crippen LogP contribution in [0.4, 0.5) is 5.69 Å². The second kappa shape index (κ2) is 5.68. The molecule has 1 aliphatic heterocycles. The summed E-state index contributed by atoms with van der Waals surface area (Å²) in [7, 11) is 2.12. The molecule has 0 spiro atoms. The minimum absolute atomic E-state index is 0.0585. The van der Waals surface area contributed by atoms with Gasteiger partial charge >= 0.3 is 0 Å². The first kappa shape index (κ1) is 12.6. The van der Waals surface area contributed by atoms with Gasteiger partial charge in [0.15, 0.2) is 5.84 Å². The molecule has 98 valence electrons. The molecule has 0 aliphatic carbocycles. The van der Waals surface area contributed by atoms with Crippen molar-refractivity contribution in [1.29, 1.82) is 0 Å². The zero-order chi connectivity index (χ0) is 13.0. The van der Waals surface area contributed by atoms with E-state index in [2.05, 4.69) is 27.0 Å². The third kappa shape index (κ3) is 2.70. The fraction of sp³-hybridized carbons (Fsp3) is 0.500. The highest BCUT2D eigenvalue weighted by Gasteiger charge is 2.17. The van der Waals surface area contributed by atoms with E-state index < -0.39 is 0 Å². The molecule has 6 nitrogen and oxygen atoms in total. The van der Waals surface area contributed by atoms with Gasteiger partial charge in [0.2, 0.25) is 0 Å². The van der Waals surface area contributed by atoms with Crippen LogP contribution < -0.4 is 10.6 Å². The lowest BCUT2D eigenvalue weighted by Gasteiger charge is -2.24. The highest BCUT2D eigenvalue weighted by molar-refractivity contribution is 6.00. The number of pyridine rings is 1. The molecule has 18 heavy (non-hydrogen) atoms. The van der Waals surface area contributed by atoms with Gasteiger partial charge in [0.25, 0.3) is 0 Å². The Labute approximate surface area is 107 Å². The Hall–Kier alpha value is -1.82. The number of nitrogens with two attached hydrogens (primary N) is 1. The van der Waals surface area contributed by atoms with Gasteiger partial charge in [0.1, 0.15) is 5.69 Å². The molecular formula is C12H19N5O. The van der Waals surface area contributed by atoms with E-state index in [0.29, 0.717) is 5.69 Å². The van der Waals surface area contributed by atoms with Crippen LogP contribution in [0.15, 0.2) is 23.5 Å². The monoisotopic (exact) mass is 249 g/mol. The number of nitrogens with zero attached hydrogens (tertiary/aromatic N) is 4. The van der Waals surface area contributed by atoms with Crippen LogP contribution in [0.25, 0.3) is 0 Å². The number of amidine groups is 1. The van der Waals surface area contributed by atoms with Crippen LogP contribution in [0, 0.1) is 0 Å². The van der Waals surface area contributed by atoms with E-state index >= 15 is 0 Å². The summed E-state index contributed by atoms with van der Waals surface area (Å²) in [5.41, 5.74) is 7.15. The number of hydrogen-bond acceptors (Lipinski definition) is 5. The van der Waals surface area contributed by atoms with Gasteiger partial charge in [0.05, 0.1) is 5.69 Å². The first-order valence-corrected chi connectivity index (χ1v) is 6.09. The van der Waals surface area contributed by atoms with Crippen LogP contribution in [0.5, 0.6) is 0 Å². The Morgan fingerprint density at radius 1 is 1.39 bits per heavy atom. The van der Waals surface area contributed by atoms with Crippen LogP contribution in [0.2, 0.25) is 0 Å². The van der Waals surface area contributed by atoms with E-state index in [4.69, 9.17) is 10.9 Å². The summed E-state index contributed by atoms with van der Waals surface area (Å²) in [6.07, 6.45) is 2.75. The molecule has 0 bridgehead atoms. The van der Waals surface area contributed by atoms with Crippen LogP contribution >= 0.6 is 0 Å². The molecule has 1 aliphatic rings. The average molecular weight is 249 g/mol. The summed E-state index contributed by atoms with van der Waals surface area (Å²) in [6, 6.07) is 3.84. The number of oxime groups is 1. The van der Waals surface area contributed by atoms with E-state index in [9.17, 15) is 0 Å². The van der Waals surface area contributed by atoms with Gasteiger partial charge in [-0.2, -0.15) is 0 Å². The summed E-state index contributed by atoms with van der Waals surface area (Å²) >= 11 is 0. The standard InChI is InChI=1S/C12H19N5O/c1-16-6-3-7-17(9-8-16)10-4-2-5-14-11(10)12(13)15-18/h2,4-5,18H,3,6-9H2,1H3,(H2,13,15). The Kier molecular flexibility index (Phi) is 3.99. The van der Waals surface area contributed by atoms with Crippen LogP contribution in [0.1, 0.15) is 12.1 Å². The zero-order valence-corrected chi connectivity index (χ0v) is 10.6. The maximum Gasteiger partial charge on any atom is 0.190 e. The van der Waals surface area contributed by atoms with Crippen molar-refractivity contribution in [2.75, 3.05) is 38.1 Å². The molecule has 0 aromatic carbocycles. The van der Waals surface area contributed by atoms with Crippen molar-refractivity contribution in [3.63, 3.8) is 0 Å². The number of anilines is 1. The molecule has 0 radical (unpaired) electrons. The molecule has 0 atom stereocenters. The molecule has 1 aromatic heterocycles. The molecule has 0 unspecified atom stereocenters. The van der Waals surface area contributed by atoms with Gasteiger partial charge in [-0.1, -0.05) is 5.16 Å². The lowest BCUT2D eigenvalue weighted by Crippen LogP contribution is -2.31. The second-order valence-corrected chi connectivity index (χ2v) is 4.50. The molecule has 1 aromatic rings. The average Bonchev–Trinajstić information content (AvgIpc) is 2.62. The number of rotatable bonds is 2. The van der Waals surface area contributed by atoms with Crippen LogP contribution in [-0.2, 0) is 0 Å². The van der Waals surface area contributed by atoms with Gasteiger partial charge < -0.3 is 20.7 Å². The summed E-state index contributed by atoms with van der Waals surface area (Å²) in [5.74, 6) is 0.0585. The molecule has 1 fully saturated rings. The topological polar surface area (TPSA) is 78.0 Å². The molecule has 1 saturated heterocycles. The SMILES string of the molecule is CN1CCCN(c2cccnc2/C(N)=N/O)CC1. The van der Waals surface area contributed by atoms with E-state index in [-0.39, 0.29) is 5.84 Å². The van der Waals surface area contributed by atoms with E-state index in [1.165, 1.54) is 0 Å². The van der Waals surface area contributed by atoms with E-state index in [0.717, 1.165) is 38.3 Å². The summed E-state index contributed by atoms with van der Waals surface area (Å²) in [6.45, 7) is 3.98. The van der Waals surface area contributed by atoms with Crippen molar-refractivity contribution < 1.29 is 5.21 Å². The predicted molar refractivity (Wildman–Crippen MR) is 71.1 cm³/mol. The summed E-state index contributed by atoms with van der Waals surface area (Å²) < 4.78 is 0. The molecule has 0 saturated carbocycles. The quantitative estimate of drug-likeness (QED) is 0.341. The zero-order valence-electron chi connectivity index (χ0n) is 10.6. The molecular weight excluding hydrogens is 230 g/mol. The Bertz CT molecular complexity index is 434. The van der Waals surface area contributed by atoms with Crippen molar-refractivity contribution >= 4 is 11.5 Å². The highest BCUT2D eigenvalue weighted by Crippen LogP contribution is 2.19. The molecule has 2 heterocycles. The van der Waals surface area contributed by atoms with Gasteiger partial charge in [-0.15, -0.1) is 0 Å². The number of aromatic nitrogens is 1. The molecule has 0 amide bonds. The van der Waals surface area contributed by atoms with E-state index in [1.807, 2.05) is 12.1 Å². The molecule has 3 N–H and O–H groups in total. The largest absolute Gasteiger partial charge is 0.409 e. The van der Waals surface area contributed by atoms with Crippen molar-refractivity contribution in [1.82, 2.24) is 9.88 Å². The van der Waals surface area contributed by atoms with Gasteiger partial charge in [-0.05, 0) is 32.1 Å². The van der Waals surface area contributed by atoms with E-state index in [1.54, 1.807) is 6.20 Å². The number of hydrogen-bond donors (Lipinski definition) is 2. The van der Waals surface area contributed by atoms with Crippen molar-refractivity contribution in [2.45, 2.75) is 6.42 Å². The first-order chi connectivity index (χ1) is 8.72. The van der Waals surface area contributed by atoms with Crippen LogP contribution in [0.3, 0.4) is 0 Å². The maximum atomic E-state index is 8.80. The Balaban J connectivity index is 2.27. The fourth-order valence-corrected chi connectivity index (χ4v) is 2.18. The maximum absolute atomic E-state index is 8.80. The number of likely N-dealkylation sites (N-methyl/N-ethyl adjacent to an activating group) is 1.